The van der Waals surface area contributed by atoms with Crippen LogP contribution in [0.4, 0.5) is 0 Å². The number of benzene rings is 1. The number of fused-ring (bicyclic) bond motifs is 1. The molecule has 0 N–H and O–H groups in total. The predicted octanol–water partition coefficient (Wildman–Crippen LogP) is 1.39. The first-order chi connectivity index (χ1) is 11.8. The van der Waals surface area contributed by atoms with Crippen molar-refractivity contribution in [2.24, 2.45) is 0 Å². The van der Waals surface area contributed by atoms with Crippen LogP contribution in [0, 0.1) is 0 Å². The van der Waals surface area contributed by atoms with Crippen molar-refractivity contribution in [2.75, 3.05) is 45.9 Å². The Morgan fingerprint density at radius 2 is 1.83 bits per heavy atom. The smallest absolute Gasteiger partial charge is 0.408 e. The number of oxazole rings is 1. The number of aromatic nitrogens is 1. The minimum atomic E-state index is -0.256. The molecule has 1 aromatic carbocycles. The molecule has 0 radical (unpaired) electrons. The number of hydrogen-bond acceptors (Lipinski definition) is 5. The van der Waals surface area contributed by atoms with E-state index < -0.39 is 0 Å². The van der Waals surface area contributed by atoms with Gasteiger partial charge < -0.3 is 9.15 Å². The van der Waals surface area contributed by atoms with Crippen LogP contribution in [-0.2, 0) is 11.3 Å². The van der Waals surface area contributed by atoms with Crippen LogP contribution in [-0.4, -0.2) is 66.3 Å². The molecule has 2 aromatic rings. The molecule has 6 heteroatoms. The number of nitrogens with zero attached hydrogens (tertiary/aromatic N) is 3. The first kappa shape index (κ1) is 15.9. The maximum Gasteiger partial charge on any atom is 0.419 e. The Labute approximate surface area is 141 Å². The van der Waals surface area contributed by atoms with Gasteiger partial charge in [-0.1, -0.05) is 12.1 Å². The lowest BCUT2D eigenvalue weighted by Gasteiger charge is -2.35. The van der Waals surface area contributed by atoms with Crippen LogP contribution in [0.5, 0.6) is 0 Å². The van der Waals surface area contributed by atoms with Gasteiger partial charge in [-0.2, -0.15) is 0 Å². The molecule has 0 unspecified atom stereocenters. The monoisotopic (exact) mass is 331 g/mol. The van der Waals surface area contributed by atoms with E-state index in [-0.39, 0.29) is 5.76 Å². The molecule has 1 atom stereocenters. The first-order valence-corrected chi connectivity index (χ1v) is 8.94. The summed E-state index contributed by atoms with van der Waals surface area (Å²) in [5.74, 6) is -0.256. The fraction of sp³-hybridized carbons (Fsp3) is 0.611. The molecule has 2 fully saturated rings. The summed E-state index contributed by atoms with van der Waals surface area (Å²) in [5, 5.41) is 0. The van der Waals surface area contributed by atoms with E-state index in [2.05, 4.69) is 9.80 Å². The van der Waals surface area contributed by atoms with Gasteiger partial charge in [0.25, 0.3) is 0 Å². The average Bonchev–Trinajstić information content (AvgIpc) is 3.21. The van der Waals surface area contributed by atoms with Crippen molar-refractivity contribution in [2.45, 2.75) is 25.5 Å². The zero-order chi connectivity index (χ0) is 16.4. The minimum absolute atomic E-state index is 0.256. The number of hydrogen-bond donors (Lipinski definition) is 0. The van der Waals surface area contributed by atoms with Crippen LogP contribution in [0.3, 0.4) is 0 Å². The molecule has 6 nitrogen and oxygen atoms in total. The van der Waals surface area contributed by atoms with Crippen molar-refractivity contribution in [3.63, 3.8) is 0 Å². The van der Waals surface area contributed by atoms with Gasteiger partial charge in [0.15, 0.2) is 5.58 Å². The third kappa shape index (κ3) is 3.41. The maximum atomic E-state index is 12.0. The van der Waals surface area contributed by atoms with E-state index in [1.54, 1.807) is 4.57 Å². The number of rotatable bonds is 5. The van der Waals surface area contributed by atoms with Crippen molar-refractivity contribution in [1.29, 1.82) is 0 Å². The summed E-state index contributed by atoms with van der Waals surface area (Å²) >= 11 is 0. The summed E-state index contributed by atoms with van der Waals surface area (Å²) in [6.45, 7) is 7.84. The number of ether oxygens (including phenoxy) is 1. The third-order valence-corrected chi connectivity index (χ3v) is 5.16. The maximum absolute atomic E-state index is 12.0. The van der Waals surface area contributed by atoms with Gasteiger partial charge in [0, 0.05) is 52.4 Å². The van der Waals surface area contributed by atoms with Crippen molar-refractivity contribution in [3.8, 4) is 0 Å². The standard InChI is InChI=1S/C18H25N3O3/c22-18-21(16-5-1-2-6-17(16)24-18)12-11-19-7-9-20(10-8-19)14-15-4-3-13-23-15/h1-2,5-6,15H,3-4,7-14H2/t15-/m1/s1. The molecule has 0 saturated carbocycles. The molecule has 0 bridgehead atoms. The fourth-order valence-corrected chi connectivity index (χ4v) is 3.74. The zero-order valence-electron chi connectivity index (χ0n) is 14.0. The number of para-hydroxylation sites is 2. The second kappa shape index (κ2) is 7.09. The normalized spacial score (nSPS) is 23.2. The molecule has 0 spiro atoms. The molecule has 1 aromatic heterocycles. The molecule has 2 aliphatic heterocycles. The van der Waals surface area contributed by atoms with Gasteiger partial charge in [0.05, 0.1) is 11.6 Å². The van der Waals surface area contributed by atoms with E-state index >= 15 is 0 Å². The quantitative estimate of drug-likeness (QED) is 0.829. The summed E-state index contributed by atoms with van der Waals surface area (Å²) in [5.41, 5.74) is 1.56. The molecular formula is C18H25N3O3. The zero-order valence-corrected chi connectivity index (χ0v) is 14.0. The summed E-state index contributed by atoms with van der Waals surface area (Å²) in [4.78, 5) is 16.9. The van der Waals surface area contributed by atoms with E-state index in [4.69, 9.17) is 9.15 Å². The Balaban J connectivity index is 1.29. The molecule has 130 valence electrons. The summed E-state index contributed by atoms with van der Waals surface area (Å²) in [6, 6.07) is 7.62. The topological polar surface area (TPSA) is 50.9 Å². The molecule has 2 aliphatic rings. The van der Waals surface area contributed by atoms with Crippen molar-refractivity contribution < 1.29 is 9.15 Å². The van der Waals surface area contributed by atoms with E-state index in [0.29, 0.717) is 18.2 Å². The molecule has 0 amide bonds. The minimum Gasteiger partial charge on any atom is -0.408 e. The van der Waals surface area contributed by atoms with Gasteiger partial charge in [-0.15, -0.1) is 0 Å². The van der Waals surface area contributed by atoms with Gasteiger partial charge in [0.1, 0.15) is 0 Å². The second-order valence-corrected chi connectivity index (χ2v) is 6.76. The summed E-state index contributed by atoms with van der Waals surface area (Å²) in [7, 11) is 0. The molecule has 3 heterocycles. The Bertz CT molecular complexity index is 724. The molecule has 2 saturated heterocycles. The Morgan fingerprint density at radius 1 is 1.04 bits per heavy atom. The number of piperazine rings is 1. The highest BCUT2D eigenvalue weighted by Gasteiger charge is 2.22. The van der Waals surface area contributed by atoms with Crippen LogP contribution in [0.25, 0.3) is 11.1 Å². The van der Waals surface area contributed by atoms with Crippen molar-refractivity contribution in [1.82, 2.24) is 14.4 Å². The Morgan fingerprint density at radius 3 is 2.62 bits per heavy atom. The lowest BCUT2D eigenvalue weighted by atomic mass is 10.2. The molecular weight excluding hydrogens is 306 g/mol. The van der Waals surface area contributed by atoms with Crippen LogP contribution in [0.2, 0.25) is 0 Å². The van der Waals surface area contributed by atoms with Gasteiger partial charge in [-0.25, -0.2) is 4.79 Å². The first-order valence-electron chi connectivity index (χ1n) is 8.94. The molecule has 24 heavy (non-hydrogen) atoms. The van der Waals surface area contributed by atoms with E-state index in [9.17, 15) is 4.79 Å². The van der Waals surface area contributed by atoms with Crippen LogP contribution < -0.4 is 5.76 Å². The SMILES string of the molecule is O=c1oc2ccccc2n1CCN1CCN(C[C@H]2CCCO2)CC1. The van der Waals surface area contributed by atoms with Crippen molar-refractivity contribution in [3.05, 3.63) is 34.8 Å². The van der Waals surface area contributed by atoms with Gasteiger partial charge >= 0.3 is 5.76 Å². The third-order valence-electron chi connectivity index (χ3n) is 5.16. The summed E-state index contributed by atoms with van der Waals surface area (Å²) < 4.78 is 12.8. The second-order valence-electron chi connectivity index (χ2n) is 6.76. The van der Waals surface area contributed by atoms with Crippen LogP contribution >= 0.6 is 0 Å². The van der Waals surface area contributed by atoms with Gasteiger partial charge in [-0.05, 0) is 25.0 Å². The van der Waals surface area contributed by atoms with Gasteiger partial charge in [-0.3, -0.25) is 14.4 Å². The fourth-order valence-electron chi connectivity index (χ4n) is 3.74. The van der Waals surface area contributed by atoms with E-state index in [0.717, 1.165) is 51.4 Å². The highest BCUT2D eigenvalue weighted by atomic mass is 16.5. The van der Waals surface area contributed by atoms with Crippen LogP contribution in [0.1, 0.15) is 12.8 Å². The Hall–Kier alpha value is -1.63. The highest BCUT2D eigenvalue weighted by Crippen LogP contribution is 2.15. The van der Waals surface area contributed by atoms with E-state index in [1.165, 1.54) is 12.8 Å². The predicted molar refractivity (Wildman–Crippen MR) is 92.3 cm³/mol. The highest BCUT2D eigenvalue weighted by molar-refractivity contribution is 5.72. The largest absolute Gasteiger partial charge is 0.419 e. The molecule has 0 aliphatic carbocycles. The van der Waals surface area contributed by atoms with Crippen molar-refractivity contribution >= 4 is 11.1 Å². The average molecular weight is 331 g/mol. The van der Waals surface area contributed by atoms with Crippen LogP contribution in [0.15, 0.2) is 33.5 Å². The van der Waals surface area contributed by atoms with Gasteiger partial charge in [0.2, 0.25) is 0 Å². The lowest BCUT2D eigenvalue weighted by Crippen LogP contribution is -2.49. The van der Waals surface area contributed by atoms with E-state index in [1.807, 2.05) is 24.3 Å². The molecule has 4 rings (SSSR count). The summed E-state index contributed by atoms with van der Waals surface area (Å²) in [6.07, 6.45) is 2.85. The lowest BCUT2D eigenvalue weighted by molar-refractivity contribution is 0.0498. The Kier molecular flexibility index (Phi) is 4.69.